The second-order valence-corrected chi connectivity index (χ2v) is 16.9. The standard InChI is InChI=1S/C37H47N5O10S/c1-21(2)30(43)13-12-28(39-35(47)52-36(4,5)6)33(45)42-20-25(51-32-27-11-8-24(50-7)16-23(27)14-15-38-32)17-29(42)31(44)40-37(18-22(3)19-37)34(46)41-53(48,49)26-9-10-26/h8,11,14-16,25-26,28-29H,1,3,9-10,12-13,17-20H2,2,4-7H3,(H,39,47)(H,40,44)(H,41,46)/t25-,28+,29+/m1/s1. The van der Waals surface area contributed by atoms with Gasteiger partial charge in [0.1, 0.15) is 35.1 Å². The number of ketones is 1. The number of Topliss-reactive ketones (excluding diaryl/α,β-unsaturated/α-hetero) is 1. The number of hydrogen-bond acceptors (Lipinski definition) is 11. The predicted octanol–water partition coefficient (Wildman–Crippen LogP) is 3.22. The summed E-state index contributed by atoms with van der Waals surface area (Å²) in [4.78, 5) is 73.2. The summed E-state index contributed by atoms with van der Waals surface area (Å²) in [6, 6.07) is 4.59. The molecule has 1 saturated heterocycles. The molecule has 0 radical (unpaired) electrons. The molecule has 0 unspecified atom stereocenters. The van der Waals surface area contributed by atoms with E-state index in [0.29, 0.717) is 29.6 Å². The molecule has 5 rings (SSSR count). The summed E-state index contributed by atoms with van der Waals surface area (Å²) in [6.45, 7) is 13.9. The Kier molecular flexibility index (Phi) is 11.2. The molecule has 2 aliphatic carbocycles. The highest BCUT2D eigenvalue weighted by molar-refractivity contribution is 7.91. The minimum Gasteiger partial charge on any atom is -0.497 e. The monoisotopic (exact) mass is 753 g/mol. The van der Waals surface area contributed by atoms with E-state index in [1.54, 1.807) is 52.3 Å². The molecule has 4 amide bonds. The molecule has 53 heavy (non-hydrogen) atoms. The number of ether oxygens (including phenoxy) is 3. The van der Waals surface area contributed by atoms with Crippen molar-refractivity contribution in [3.8, 4) is 11.6 Å². The first-order valence-corrected chi connectivity index (χ1v) is 19.0. The average molecular weight is 754 g/mol. The van der Waals surface area contributed by atoms with Gasteiger partial charge in [0.2, 0.25) is 27.7 Å². The molecule has 3 atom stereocenters. The molecule has 286 valence electrons. The highest BCUT2D eigenvalue weighted by Crippen LogP contribution is 2.38. The van der Waals surface area contributed by atoms with Gasteiger partial charge in [-0.15, -0.1) is 0 Å². The molecule has 3 N–H and O–H groups in total. The number of sulfonamides is 1. The average Bonchev–Trinajstić information content (AvgIpc) is 3.85. The highest BCUT2D eigenvalue weighted by atomic mass is 32.2. The van der Waals surface area contributed by atoms with Crippen LogP contribution in [0.15, 0.2) is 54.8 Å². The number of hydrogen-bond donors (Lipinski definition) is 3. The first-order chi connectivity index (χ1) is 24.8. The first-order valence-electron chi connectivity index (χ1n) is 17.4. The Hall–Kier alpha value is -4.99. The minimum absolute atomic E-state index is 0.000578. The highest BCUT2D eigenvalue weighted by Gasteiger charge is 2.53. The van der Waals surface area contributed by atoms with E-state index in [4.69, 9.17) is 14.2 Å². The molecule has 16 heteroatoms. The zero-order valence-corrected chi connectivity index (χ0v) is 31.5. The van der Waals surface area contributed by atoms with Crippen LogP contribution in [-0.4, -0.2) is 96.1 Å². The van der Waals surface area contributed by atoms with Gasteiger partial charge in [-0.25, -0.2) is 18.2 Å². The van der Waals surface area contributed by atoms with Crippen molar-refractivity contribution >= 4 is 50.4 Å². The number of carbonyl (C=O) groups is 5. The number of benzene rings is 1. The van der Waals surface area contributed by atoms with Crippen LogP contribution in [0.5, 0.6) is 11.6 Å². The smallest absolute Gasteiger partial charge is 0.408 e. The molecule has 3 fully saturated rings. The molecule has 2 saturated carbocycles. The minimum atomic E-state index is -3.93. The van der Waals surface area contributed by atoms with E-state index in [1.807, 2.05) is 6.07 Å². The molecule has 1 aromatic carbocycles. The number of aromatic nitrogens is 1. The third-order valence-corrected chi connectivity index (χ3v) is 11.1. The Labute approximate surface area is 308 Å². The van der Waals surface area contributed by atoms with Gasteiger partial charge in [0, 0.05) is 37.3 Å². The van der Waals surface area contributed by atoms with Crippen molar-refractivity contribution in [3.63, 3.8) is 0 Å². The molecule has 15 nitrogen and oxygen atoms in total. The van der Waals surface area contributed by atoms with Crippen LogP contribution in [0.25, 0.3) is 10.8 Å². The lowest BCUT2D eigenvalue weighted by Crippen LogP contribution is -2.66. The number of allylic oxidation sites excluding steroid dienone is 1. The third kappa shape index (κ3) is 9.33. The van der Waals surface area contributed by atoms with E-state index in [0.717, 1.165) is 5.39 Å². The molecule has 0 spiro atoms. The first kappa shape index (κ1) is 39.2. The van der Waals surface area contributed by atoms with Gasteiger partial charge in [-0.05, 0) is 82.2 Å². The number of rotatable bonds is 14. The van der Waals surface area contributed by atoms with E-state index in [2.05, 4.69) is 33.5 Å². The van der Waals surface area contributed by atoms with Crippen molar-refractivity contribution in [3.05, 3.63) is 54.8 Å². The summed E-state index contributed by atoms with van der Waals surface area (Å²) in [5.74, 6) is -1.76. The van der Waals surface area contributed by atoms with E-state index in [9.17, 15) is 32.4 Å². The summed E-state index contributed by atoms with van der Waals surface area (Å²) >= 11 is 0. The van der Waals surface area contributed by atoms with Crippen molar-refractivity contribution < 1.29 is 46.6 Å². The normalized spacial score (nSPS) is 20.1. The van der Waals surface area contributed by atoms with Gasteiger partial charge in [-0.2, -0.15) is 0 Å². The van der Waals surface area contributed by atoms with E-state index >= 15 is 0 Å². The Balaban J connectivity index is 1.45. The lowest BCUT2D eigenvalue weighted by atomic mass is 9.72. The third-order valence-electron chi connectivity index (χ3n) is 9.29. The summed E-state index contributed by atoms with van der Waals surface area (Å²) in [6.07, 6.45) is 0.438. The lowest BCUT2D eigenvalue weighted by Gasteiger charge is -2.43. The fraction of sp³-hybridized carbons (Fsp3) is 0.514. The van der Waals surface area contributed by atoms with Crippen LogP contribution >= 0.6 is 0 Å². The number of alkyl carbamates (subject to hydrolysis) is 1. The van der Waals surface area contributed by atoms with Crippen LogP contribution in [0.2, 0.25) is 0 Å². The van der Waals surface area contributed by atoms with Gasteiger partial charge in [0.25, 0.3) is 5.91 Å². The van der Waals surface area contributed by atoms with Crippen LogP contribution in [0.1, 0.15) is 72.6 Å². The van der Waals surface area contributed by atoms with E-state index < -0.39 is 68.4 Å². The number of nitrogens with zero attached hydrogens (tertiary/aromatic N) is 2. The maximum Gasteiger partial charge on any atom is 0.408 e. The molecule has 0 bridgehead atoms. The number of carbonyl (C=O) groups excluding carboxylic acids is 5. The van der Waals surface area contributed by atoms with Crippen molar-refractivity contribution in [2.75, 3.05) is 13.7 Å². The van der Waals surface area contributed by atoms with Gasteiger partial charge < -0.3 is 29.7 Å². The fourth-order valence-electron chi connectivity index (χ4n) is 6.39. The van der Waals surface area contributed by atoms with Gasteiger partial charge in [0.15, 0.2) is 5.78 Å². The van der Waals surface area contributed by atoms with Crippen LogP contribution in [0.3, 0.4) is 0 Å². The summed E-state index contributed by atoms with van der Waals surface area (Å²) in [5, 5.41) is 6.07. The Morgan fingerprint density at radius 2 is 1.81 bits per heavy atom. The van der Waals surface area contributed by atoms with E-state index in [1.165, 1.54) is 11.8 Å². The van der Waals surface area contributed by atoms with Crippen LogP contribution in [0, 0.1) is 0 Å². The zero-order valence-electron chi connectivity index (χ0n) is 30.7. The lowest BCUT2D eigenvalue weighted by molar-refractivity contribution is -0.142. The Morgan fingerprint density at radius 1 is 1.11 bits per heavy atom. The second-order valence-electron chi connectivity index (χ2n) is 15.0. The van der Waals surface area contributed by atoms with Crippen LogP contribution in [0.4, 0.5) is 4.79 Å². The number of nitrogens with one attached hydrogen (secondary N) is 3. The number of amides is 4. The largest absolute Gasteiger partial charge is 0.497 e. The topological polar surface area (TPSA) is 199 Å². The summed E-state index contributed by atoms with van der Waals surface area (Å²) in [7, 11) is -2.38. The molecule has 1 aromatic heterocycles. The van der Waals surface area contributed by atoms with Gasteiger partial charge >= 0.3 is 6.09 Å². The summed E-state index contributed by atoms with van der Waals surface area (Å²) in [5.41, 5.74) is -1.60. The number of pyridine rings is 1. The summed E-state index contributed by atoms with van der Waals surface area (Å²) < 4.78 is 44.6. The maximum absolute atomic E-state index is 14.4. The fourth-order valence-corrected chi connectivity index (χ4v) is 7.77. The van der Waals surface area contributed by atoms with Gasteiger partial charge in [0.05, 0.1) is 18.9 Å². The van der Waals surface area contributed by atoms with Gasteiger partial charge in [-0.3, -0.25) is 23.9 Å². The maximum atomic E-state index is 14.4. The molecule has 2 heterocycles. The van der Waals surface area contributed by atoms with Crippen molar-refractivity contribution in [2.45, 2.75) is 107 Å². The Morgan fingerprint density at radius 3 is 2.42 bits per heavy atom. The SMILES string of the molecule is C=C1CC(NC(=O)[C@@H]2C[C@@H](Oc3nccc4cc(OC)ccc34)CN2C(=O)[C@H](CCC(=O)C(=C)C)NC(=O)OC(C)(C)C)(C(=O)NS(=O)(=O)C2CC2)C1. The van der Waals surface area contributed by atoms with Gasteiger partial charge in [-0.1, -0.05) is 18.7 Å². The molecule has 3 aliphatic rings. The Bertz CT molecular complexity index is 1940. The predicted molar refractivity (Wildman–Crippen MR) is 194 cm³/mol. The quantitative estimate of drug-likeness (QED) is 0.189. The van der Waals surface area contributed by atoms with Crippen molar-refractivity contribution in [1.82, 2.24) is 25.2 Å². The molecular formula is C37H47N5O10S. The molecular weight excluding hydrogens is 706 g/mol. The molecule has 2 aromatic rings. The van der Waals surface area contributed by atoms with E-state index in [-0.39, 0.29) is 55.9 Å². The van der Waals surface area contributed by atoms with Crippen LogP contribution in [-0.2, 0) is 33.9 Å². The zero-order chi connectivity index (χ0) is 38.9. The van der Waals surface area contributed by atoms with Crippen LogP contribution < -0.4 is 24.8 Å². The number of fused-ring (bicyclic) bond motifs is 1. The van der Waals surface area contributed by atoms with Crippen molar-refractivity contribution in [1.29, 1.82) is 0 Å². The molecule has 1 aliphatic heterocycles. The van der Waals surface area contributed by atoms with Crippen molar-refractivity contribution in [2.24, 2.45) is 0 Å². The second kappa shape index (κ2) is 15.2. The number of methoxy groups -OCH3 is 1. The number of likely N-dealkylation sites (tertiary alicyclic amines) is 1.